The lowest BCUT2D eigenvalue weighted by Gasteiger charge is -2.28. The molecule has 1 rings (SSSR count). The summed E-state index contributed by atoms with van der Waals surface area (Å²) in [6.07, 6.45) is 1.93. The highest BCUT2D eigenvalue weighted by molar-refractivity contribution is 5.71. The molecule has 0 aromatic heterocycles. The largest absolute Gasteiger partial charge is 0.462 e. The molecule has 1 fully saturated rings. The van der Waals surface area contributed by atoms with Crippen molar-refractivity contribution in [1.82, 2.24) is 4.90 Å². The van der Waals surface area contributed by atoms with Gasteiger partial charge in [-0.3, -0.25) is 9.69 Å². The van der Waals surface area contributed by atoms with E-state index in [4.69, 9.17) is 15.2 Å². The van der Waals surface area contributed by atoms with Gasteiger partial charge in [0.1, 0.15) is 6.61 Å². The Labute approximate surface area is 90.5 Å². The molecule has 0 atom stereocenters. The minimum absolute atomic E-state index is 0.178. The van der Waals surface area contributed by atoms with E-state index in [2.05, 4.69) is 4.90 Å². The molecule has 5 nitrogen and oxygen atoms in total. The van der Waals surface area contributed by atoms with E-state index in [0.29, 0.717) is 25.8 Å². The molecule has 1 heterocycles. The zero-order chi connectivity index (χ0) is 11.1. The van der Waals surface area contributed by atoms with Crippen LogP contribution < -0.4 is 5.73 Å². The third-order valence-electron chi connectivity index (χ3n) is 2.54. The molecule has 0 unspecified atom stereocenters. The number of hydrogen-bond acceptors (Lipinski definition) is 5. The van der Waals surface area contributed by atoms with Gasteiger partial charge in [0.15, 0.2) is 0 Å². The fourth-order valence-electron chi connectivity index (χ4n) is 1.58. The van der Waals surface area contributed by atoms with E-state index in [0.717, 1.165) is 25.9 Å². The lowest BCUT2D eigenvalue weighted by Crippen LogP contribution is -2.42. The molecule has 88 valence electrons. The van der Waals surface area contributed by atoms with Crippen LogP contribution >= 0.6 is 0 Å². The maximum atomic E-state index is 11.3. The van der Waals surface area contributed by atoms with Crippen LogP contribution in [0.1, 0.15) is 12.8 Å². The van der Waals surface area contributed by atoms with Crippen molar-refractivity contribution in [2.24, 2.45) is 5.73 Å². The fraction of sp³-hybridized carbons (Fsp3) is 0.900. The SMILES string of the molecule is COCCOC(=O)CN1CCC(N)CC1. The molecular formula is C10H20N2O3. The third-order valence-corrected chi connectivity index (χ3v) is 2.54. The highest BCUT2D eigenvalue weighted by atomic mass is 16.6. The highest BCUT2D eigenvalue weighted by Crippen LogP contribution is 2.07. The summed E-state index contributed by atoms with van der Waals surface area (Å²) in [5, 5.41) is 0. The van der Waals surface area contributed by atoms with Crippen LogP contribution in [0.5, 0.6) is 0 Å². The molecular weight excluding hydrogens is 196 g/mol. The normalized spacial score (nSPS) is 19.1. The smallest absolute Gasteiger partial charge is 0.320 e. The van der Waals surface area contributed by atoms with Crippen molar-refractivity contribution in [1.29, 1.82) is 0 Å². The molecule has 0 aliphatic carbocycles. The Morgan fingerprint density at radius 2 is 2.07 bits per heavy atom. The van der Waals surface area contributed by atoms with Gasteiger partial charge in [0.2, 0.25) is 0 Å². The summed E-state index contributed by atoms with van der Waals surface area (Å²) >= 11 is 0. The Bertz CT molecular complexity index is 191. The van der Waals surface area contributed by atoms with Crippen LogP contribution in [0.15, 0.2) is 0 Å². The molecule has 0 aromatic rings. The number of hydrogen-bond donors (Lipinski definition) is 1. The van der Waals surface area contributed by atoms with E-state index in [9.17, 15) is 4.79 Å². The number of piperidine rings is 1. The van der Waals surface area contributed by atoms with Crippen molar-refractivity contribution in [2.75, 3.05) is 40.0 Å². The number of carbonyl (C=O) groups is 1. The van der Waals surface area contributed by atoms with Crippen molar-refractivity contribution in [3.63, 3.8) is 0 Å². The van der Waals surface area contributed by atoms with Crippen LogP contribution in [0, 0.1) is 0 Å². The van der Waals surface area contributed by atoms with E-state index in [1.54, 1.807) is 7.11 Å². The average Bonchev–Trinajstić information content (AvgIpc) is 2.22. The summed E-state index contributed by atoms with van der Waals surface area (Å²) in [7, 11) is 1.58. The van der Waals surface area contributed by atoms with Crippen LogP contribution in [0.2, 0.25) is 0 Å². The predicted molar refractivity (Wildman–Crippen MR) is 56.5 cm³/mol. The molecule has 0 spiro atoms. The molecule has 5 heteroatoms. The maximum absolute atomic E-state index is 11.3. The Kier molecular flexibility index (Phi) is 5.60. The van der Waals surface area contributed by atoms with Gasteiger partial charge in [0, 0.05) is 26.2 Å². The maximum Gasteiger partial charge on any atom is 0.320 e. The molecule has 0 saturated carbocycles. The van der Waals surface area contributed by atoms with Gasteiger partial charge in [-0.1, -0.05) is 0 Å². The quantitative estimate of drug-likeness (QED) is 0.500. The fourth-order valence-corrected chi connectivity index (χ4v) is 1.58. The molecule has 1 aliphatic heterocycles. The first-order valence-corrected chi connectivity index (χ1v) is 5.35. The second kappa shape index (κ2) is 6.76. The van der Waals surface area contributed by atoms with Crippen LogP contribution in [0.3, 0.4) is 0 Å². The van der Waals surface area contributed by atoms with Gasteiger partial charge in [-0.2, -0.15) is 0 Å². The number of likely N-dealkylation sites (tertiary alicyclic amines) is 1. The molecule has 0 bridgehead atoms. The summed E-state index contributed by atoms with van der Waals surface area (Å²) < 4.78 is 9.76. The zero-order valence-corrected chi connectivity index (χ0v) is 9.28. The first-order valence-electron chi connectivity index (χ1n) is 5.35. The minimum Gasteiger partial charge on any atom is -0.462 e. The topological polar surface area (TPSA) is 64.8 Å². The summed E-state index contributed by atoms with van der Waals surface area (Å²) in [5.74, 6) is -0.178. The van der Waals surface area contributed by atoms with Gasteiger partial charge in [-0.05, 0) is 12.8 Å². The summed E-state index contributed by atoms with van der Waals surface area (Å²) in [6, 6.07) is 0.297. The number of esters is 1. The number of nitrogens with zero attached hydrogens (tertiary/aromatic N) is 1. The predicted octanol–water partition coefficient (Wildman–Crippen LogP) is -0.401. The number of nitrogens with two attached hydrogens (primary N) is 1. The van der Waals surface area contributed by atoms with Gasteiger partial charge >= 0.3 is 5.97 Å². The summed E-state index contributed by atoms with van der Waals surface area (Å²) in [4.78, 5) is 13.4. The summed E-state index contributed by atoms with van der Waals surface area (Å²) in [5.41, 5.74) is 5.77. The molecule has 0 amide bonds. The van der Waals surface area contributed by atoms with Crippen molar-refractivity contribution in [3.05, 3.63) is 0 Å². The number of carbonyl (C=O) groups excluding carboxylic acids is 1. The molecule has 15 heavy (non-hydrogen) atoms. The van der Waals surface area contributed by atoms with Crippen LogP contribution in [-0.2, 0) is 14.3 Å². The van der Waals surface area contributed by atoms with Crippen molar-refractivity contribution in [3.8, 4) is 0 Å². The Morgan fingerprint density at radius 3 is 2.67 bits per heavy atom. The number of ether oxygens (including phenoxy) is 2. The van der Waals surface area contributed by atoms with Gasteiger partial charge < -0.3 is 15.2 Å². The average molecular weight is 216 g/mol. The number of rotatable bonds is 5. The van der Waals surface area contributed by atoms with Gasteiger partial charge in [-0.15, -0.1) is 0 Å². The first kappa shape index (κ1) is 12.4. The van der Waals surface area contributed by atoms with Crippen LogP contribution in [0.25, 0.3) is 0 Å². The van der Waals surface area contributed by atoms with Gasteiger partial charge in [-0.25, -0.2) is 0 Å². The summed E-state index contributed by atoms with van der Waals surface area (Å²) in [6.45, 7) is 2.94. The molecule has 2 N–H and O–H groups in total. The zero-order valence-electron chi connectivity index (χ0n) is 9.28. The van der Waals surface area contributed by atoms with E-state index in [-0.39, 0.29) is 5.97 Å². The minimum atomic E-state index is -0.178. The molecule has 0 radical (unpaired) electrons. The Balaban J connectivity index is 2.09. The second-order valence-electron chi connectivity index (χ2n) is 3.83. The van der Waals surface area contributed by atoms with Gasteiger partial charge in [0.25, 0.3) is 0 Å². The monoisotopic (exact) mass is 216 g/mol. The molecule has 0 aromatic carbocycles. The highest BCUT2D eigenvalue weighted by Gasteiger charge is 2.18. The van der Waals surface area contributed by atoms with Crippen molar-refractivity contribution in [2.45, 2.75) is 18.9 Å². The lowest BCUT2D eigenvalue weighted by atomic mass is 10.1. The van der Waals surface area contributed by atoms with E-state index >= 15 is 0 Å². The molecule has 1 aliphatic rings. The first-order chi connectivity index (χ1) is 7.22. The van der Waals surface area contributed by atoms with Gasteiger partial charge in [0.05, 0.1) is 13.2 Å². The second-order valence-corrected chi connectivity index (χ2v) is 3.83. The van der Waals surface area contributed by atoms with Crippen molar-refractivity contribution < 1.29 is 14.3 Å². The number of methoxy groups -OCH3 is 1. The Morgan fingerprint density at radius 1 is 1.40 bits per heavy atom. The van der Waals surface area contributed by atoms with E-state index < -0.39 is 0 Å². The van der Waals surface area contributed by atoms with Crippen molar-refractivity contribution >= 4 is 5.97 Å². The van der Waals surface area contributed by atoms with Crippen LogP contribution in [0.4, 0.5) is 0 Å². The Hall–Kier alpha value is -0.650. The van der Waals surface area contributed by atoms with E-state index in [1.165, 1.54) is 0 Å². The van der Waals surface area contributed by atoms with Crippen LogP contribution in [-0.4, -0.2) is 56.9 Å². The standard InChI is InChI=1S/C10H20N2O3/c1-14-6-7-15-10(13)8-12-4-2-9(11)3-5-12/h9H,2-8,11H2,1H3. The van der Waals surface area contributed by atoms with E-state index in [1.807, 2.05) is 0 Å². The lowest BCUT2D eigenvalue weighted by molar-refractivity contribution is -0.146. The molecule has 1 saturated heterocycles. The third kappa shape index (κ3) is 5.11.